The minimum Gasteiger partial charge on any atom is -0.496 e. The predicted octanol–water partition coefficient (Wildman–Crippen LogP) is 3.82. The van der Waals surface area contributed by atoms with Crippen LogP contribution >= 0.6 is 0 Å². The van der Waals surface area contributed by atoms with Gasteiger partial charge < -0.3 is 4.74 Å². The van der Waals surface area contributed by atoms with Crippen LogP contribution in [0.4, 0.5) is 13.2 Å². The summed E-state index contributed by atoms with van der Waals surface area (Å²) in [7, 11) is 1.52. The monoisotopic (exact) mass is 352 g/mol. The minimum absolute atomic E-state index is 0.0217. The van der Waals surface area contributed by atoms with Crippen LogP contribution in [0.5, 0.6) is 5.75 Å². The predicted molar refractivity (Wildman–Crippen MR) is 87.9 cm³/mol. The lowest BCUT2D eigenvalue weighted by atomic mass is 9.93. The molecular formula is C18H19F3N2O2. The normalized spacial score (nSPS) is 19.0. The van der Waals surface area contributed by atoms with Crippen LogP contribution in [0.25, 0.3) is 10.8 Å². The highest BCUT2D eigenvalue weighted by atomic mass is 19.4. The second-order valence-corrected chi connectivity index (χ2v) is 6.84. The first-order valence-corrected chi connectivity index (χ1v) is 7.84. The first-order chi connectivity index (χ1) is 11.6. The minimum atomic E-state index is -4.53. The van der Waals surface area contributed by atoms with E-state index in [1.54, 1.807) is 38.1 Å². The third-order valence-corrected chi connectivity index (χ3v) is 4.45. The van der Waals surface area contributed by atoms with E-state index in [9.17, 15) is 18.0 Å². The Balaban J connectivity index is 2.06. The highest BCUT2D eigenvalue weighted by molar-refractivity contribution is 5.89. The number of carbonyl (C=O) groups is 1. The van der Waals surface area contributed by atoms with Crippen molar-refractivity contribution in [2.24, 2.45) is 5.41 Å². The Morgan fingerprint density at radius 1 is 1.24 bits per heavy atom. The molecule has 0 aromatic heterocycles. The first-order valence-electron chi connectivity index (χ1n) is 7.84. The van der Waals surface area contributed by atoms with Gasteiger partial charge >= 0.3 is 6.18 Å². The van der Waals surface area contributed by atoms with Crippen molar-refractivity contribution in [1.82, 2.24) is 10.4 Å². The second-order valence-electron chi connectivity index (χ2n) is 6.84. The molecule has 134 valence electrons. The van der Waals surface area contributed by atoms with Gasteiger partial charge in [0.05, 0.1) is 12.5 Å². The molecule has 1 amide bonds. The Kier molecular flexibility index (Phi) is 4.15. The van der Waals surface area contributed by atoms with Crippen LogP contribution in [0.1, 0.15) is 25.5 Å². The number of rotatable bonds is 3. The van der Waals surface area contributed by atoms with E-state index in [0.29, 0.717) is 11.1 Å². The van der Waals surface area contributed by atoms with Crippen LogP contribution in [0.3, 0.4) is 0 Å². The van der Waals surface area contributed by atoms with Gasteiger partial charge in [0.25, 0.3) is 0 Å². The van der Waals surface area contributed by atoms with Gasteiger partial charge in [-0.05, 0) is 36.9 Å². The van der Waals surface area contributed by atoms with E-state index in [-0.39, 0.29) is 12.1 Å². The molecule has 1 unspecified atom stereocenters. The lowest BCUT2D eigenvalue weighted by Gasteiger charge is -2.30. The van der Waals surface area contributed by atoms with Gasteiger partial charge in [-0.1, -0.05) is 24.3 Å². The molecule has 2 aromatic carbocycles. The maximum absolute atomic E-state index is 13.8. The number of ether oxygens (including phenoxy) is 1. The van der Waals surface area contributed by atoms with Crippen molar-refractivity contribution >= 4 is 16.7 Å². The number of methoxy groups -OCH3 is 1. The largest absolute Gasteiger partial charge is 0.496 e. The maximum atomic E-state index is 13.8. The third-order valence-electron chi connectivity index (χ3n) is 4.45. The zero-order chi connectivity index (χ0) is 18.4. The summed E-state index contributed by atoms with van der Waals surface area (Å²) in [6.07, 6.45) is -4.53. The number of carbonyl (C=O) groups excluding carboxylic acids is 1. The first kappa shape index (κ1) is 17.5. The molecule has 25 heavy (non-hydrogen) atoms. The fraction of sp³-hybridized carbons (Fsp3) is 0.389. The molecule has 3 rings (SSSR count). The summed E-state index contributed by atoms with van der Waals surface area (Å²) in [5, 5.41) is 2.36. The number of alkyl halides is 3. The van der Waals surface area contributed by atoms with E-state index in [4.69, 9.17) is 4.74 Å². The van der Waals surface area contributed by atoms with Gasteiger partial charge in [0.2, 0.25) is 5.91 Å². The van der Waals surface area contributed by atoms with E-state index in [1.807, 2.05) is 0 Å². The Bertz CT molecular complexity index is 818. The summed E-state index contributed by atoms with van der Waals surface area (Å²) in [6.45, 7) is 3.23. The second kappa shape index (κ2) is 5.91. The fourth-order valence-corrected chi connectivity index (χ4v) is 3.14. The van der Waals surface area contributed by atoms with E-state index < -0.39 is 23.5 Å². The van der Waals surface area contributed by atoms with Crippen molar-refractivity contribution in [3.63, 3.8) is 0 Å². The highest BCUT2D eigenvalue weighted by Crippen LogP contribution is 2.41. The van der Waals surface area contributed by atoms with Crippen LogP contribution < -0.4 is 10.2 Å². The maximum Gasteiger partial charge on any atom is 0.409 e. The molecule has 1 heterocycles. The zero-order valence-electron chi connectivity index (χ0n) is 14.1. The molecule has 1 aliphatic heterocycles. The molecule has 7 heteroatoms. The van der Waals surface area contributed by atoms with Crippen LogP contribution in [0.2, 0.25) is 0 Å². The average Bonchev–Trinajstić information content (AvgIpc) is 2.78. The molecule has 1 N–H and O–H groups in total. The molecule has 2 aromatic rings. The number of halogens is 3. The van der Waals surface area contributed by atoms with Gasteiger partial charge in [-0.3, -0.25) is 10.2 Å². The molecule has 0 bridgehead atoms. The molecule has 0 aliphatic carbocycles. The van der Waals surface area contributed by atoms with E-state index in [2.05, 4.69) is 5.43 Å². The van der Waals surface area contributed by atoms with Gasteiger partial charge in [0, 0.05) is 11.9 Å². The molecule has 0 spiro atoms. The smallest absolute Gasteiger partial charge is 0.409 e. The summed E-state index contributed by atoms with van der Waals surface area (Å²) in [4.78, 5) is 11.9. The quantitative estimate of drug-likeness (QED) is 0.913. The molecule has 1 aliphatic rings. The molecule has 0 saturated carbocycles. The van der Waals surface area contributed by atoms with Crippen LogP contribution in [-0.4, -0.2) is 30.7 Å². The summed E-state index contributed by atoms with van der Waals surface area (Å²) >= 11 is 0. The van der Waals surface area contributed by atoms with Gasteiger partial charge in [0.15, 0.2) is 0 Å². The molecule has 1 atom stereocenters. The lowest BCUT2D eigenvalue weighted by Crippen LogP contribution is -2.43. The topological polar surface area (TPSA) is 41.6 Å². The number of nitrogens with one attached hydrogen (secondary N) is 1. The van der Waals surface area contributed by atoms with Crippen molar-refractivity contribution < 1.29 is 22.7 Å². The van der Waals surface area contributed by atoms with Gasteiger partial charge in [0.1, 0.15) is 11.8 Å². The summed E-state index contributed by atoms with van der Waals surface area (Å²) in [5.41, 5.74) is 1.57. The standard InChI is InChI=1S/C18H19F3N2O2/c1-17(2)10-23(22-16(17)24)15(18(19,20)21)12-7-8-13-11(9-12)5-4-6-14(13)25-3/h4-9,15H,10H2,1-3H3,(H,22,24). The van der Waals surface area contributed by atoms with Crippen molar-refractivity contribution in [1.29, 1.82) is 0 Å². The van der Waals surface area contributed by atoms with Crippen molar-refractivity contribution in [2.75, 3.05) is 13.7 Å². The molecule has 1 saturated heterocycles. The van der Waals surface area contributed by atoms with Crippen molar-refractivity contribution in [2.45, 2.75) is 26.1 Å². The van der Waals surface area contributed by atoms with Crippen molar-refractivity contribution in [3.05, 3.63) is 42.0 Å². The van der Waals surface area contributed by atoms with Gasteiger partial charge in [-0.15, -0.1) is 0 Å². The van der Waals surface area contributed by atoms with Crippen LogP contribution in [-0.2, 0) is 4.79 Å². The van der Waals surface area contributed by atoms with Gasteiger partial charge in [-0.25, -0.2) is 5.01 Å². The number of benzene rings is 2. The summed E-state index contributed by atoms with van der Waals surface area (Å²) in [6, 6.07) is 7.86. The van der Waals surface area contributed by atoms with Gasteiger partial charge in [-0.2, -0.15) is 13.2 Å². The zero-order valence-corrected chi connectivity index (χ0v) is 14.1. The third kappa shape index (κ3) is 3.16. The molecule has 1 fully saturated rings. The highest BCUT2D eigenvalue weighted by Gasteiger charge is 2.51. The number of hydrazine groups is 1. The van der Waals surface area contributed by atoms with E-state index in [1.165, 1.54) is 19.2 Å². The Labute approximate surface area is 143 Å². The van der Waals surface area contributed by atoms with Crippen LogP contribution in [0.15, 0.2) is 36.4 Å². The number of nitrogens with zero attached hydrogens (tertiary/aromatic N) is 1. The lowest BCUT2D eigenvalue weighted by molar-refractivity contribution is -0.191. The van der Waals surface area contributed by atoms with Crippen molar-refractivity contribution in [3.8, 4) is 5.75 Å². The van der Waals surface area contributed by atoms with E-state index in [0.717, 1.165) is 10.4 Å². The molecule has 0 radical (unpaired) electrons. The number of hydrogen-bond acceptors (Lipinski definition) is 3. The summed E-state index contributed by atoms with van der Waals surface area (Å²) < 4.78 is 46.5. The summed E-state index contributed by atoms with van der Waals surface area (Å²) in [5.74, 6) is 0.187. The SMILES string of the molecule is COc1cccc2cc(C(N3CC(C)(C)C(=O)N3)C(F)(F)F)ccc12. The average molecular weight is 352 g/mol. The van der Waals surface area contributed by atoms with Crippen LogP contribution in [0, 0.1) is 5.41 Å². The fourth-order valence-electron chi connectivity index (χ4n) is 3.14. The Morgan fingerprint density at radius 3 is 2.52 bits per heavy atom. The molecular weight excluding hydrogens is 333 g/mol. The number of fused-ring (bicyclic) bond motifs is 1. The Morgan fingerprint density at radius 2 is 1.96 bits per heavy atom. The Hall–Kier alpha value is -2.28. The van der Waals surface area contributed by atoms with E-state index >= 15 is 0 Å². The number of hydrogen-bond donors (Lipinski definition) is 1. The molecule has 4 nitrogen and oxygen atoms in total. The number of amides is 1.